The van der Waals surface area contributed by atoms with Crippen molar-refractivity contribution in [1.29, 1.82) is 0 Å². The molecule has 23 heavy (non-hydrogen) atoms. The summed E-state index contributed by atoms with van der Waals surface area (Å²) >= 11 is 0. The van der Waals surface area contributed by atoms with Crippen molar-refractivity contribution < 1.29 is 9.18 Å². The van der Waals surface area contributed by atoms with Crippen LogP contribution in [0.1, 0.15) is 26.3 Å². The Balaban J connectivity index is 1.83. The molecule has 0 aliphatic carbocycles. The van der Waals surface area contributed by atoms with Gasteiger partial charge < -0.3 is 5.32 Å². The van der Waals surface area contributed by atoms with Gasteiger partial charge in [0.25, 0.3) is 0 Å². The number of rotatable bonds is 6. The van der Waals surface area contributed by atoms with E-state index in [-0.39, 0.29) is 24.3 Å². The number of nitrogens with zero attached hydrogens (tertiary/aromatic N) is 1. The summed E-state index contributed by atoms with van der Waals surface area (Å²) in [4.78, 5) is 14.0. The summed E-state index contributed by atoms with van der Waals surface area (Å²) in [6.45, 7) is 6.90. The molecule has 1 amide bonds. The molecule has 0 bridgehead atoms. The van der Waals surface area contributed by atoms with Gasteiger partial charge in [-0.15, -0.1) is 0 Å². The Hall–Kier alpha value is -1.50. The van der Waals surface area contributed by atoms with Crippen LogP contribution in [-0.4, -0.2) is 42.5 Å². The van der Waals surface area contributed by atoms with E-state index in [4.69, 9.17) is 0 Å². The number of hydrazine groups is 1. The first-order valence-corrected chi connectivity index (χ1v) is 8.11. The van der Waals surface area contributed by atoms with Crippen LogP contribution in [0.3, 0.4) is 0 Å². The fourth-order valence-electron chi connectivity index (χ4n) is 3.37. The predicted octanol–water partition coefficient (Wildman–Crippen LogP) is 1.26. The van der Waals surface area contributed by atoms with Gasteiger partial charge in [0.2, 0.25) is 5.91 Å². The topological polar surface area (TPSA) is 56.4 Å². The molecule has 3 atom stereocenters. The highest BCUT2D eigenvalue weighted by Crippen LogP contribution is 2.18. The summed E-state index contributed by atoms with van der Waals surface area (Å²) in [5.41, 5.74) is 7.00. The Kier molecular flexibility index (Phi) is 6.10. The maximum Gasteiger partial charge on any atom is 0.234 e. The Morgan fingerprint density at radius 3 is 2.52 bits per heavy atom. The second-order valence-corrected chi connectivity index (χ2v) is 6.56. The number of likely N-dealkylation sites (N-methyl/N-ethyl adjacent to an activating group) is 1. The van der Waals surface area contributed by atoms with Gasteiger partial charge in [0, 0.05) is 36.2 Å². The molecular formula is C17H27FN4O. The summed E-state index contributed by atoms with van der Waals surface area (Å²) in [5, 5.41) is 3.06. The lowest BCUT2D eigenvalue weighted by Gasteiger charge is -2.27. The molecule has 1 heterocycles. The maximum absolute atomic E-state index is 13.6. The number of nitrogens with one attached hydrogen (secondary N) is 3. The first-order chi connectivity index (χ1) is 10.9. The lowest BCUT2D eigenvalue weighted by molar-refractivity contribution is -0.123. The molecule has 0 radical (unpaired) electrons. The van der Waals surface area contributed by atoms with Crippen LogP contribution in [0.4, 0.5) is 4.39 Å². The Bertz CT molecular complexity index is 529. The van der Waals surface area contributed by atoms with Crippen molar-refractivity contribution in [2.75, 3.05) is 13.6 Å². The van der Waals surface area contributed by atoms with Crippen molar-refractivity contribution in [2.45, 2.75) is 45.4 Å². The fourth-order valence-corrected chi connectivity index (χ4v) is 3.37. The van der Waals surface area contributed by atoms with Gasteiger partial charge in [-0.3, -0.25) is 20.5 Å². The Morgan fingerprint density at radius 2 is 1.91 bits per heavy atom. The van der Waals surface area contributed by atoms with Gasteiger partial charge in [-0.1, -0.05) is 18.2 Å². The fraction of sp³-hybridized carbons (Fsp3) is 0.588. The molecule has 2 rings (SSSR count). The van der Waals surface area contributed by atoms with Gasteiger partial charge in [0.15, 0.2) is 0 Å². The van der Waals surface area contributed by atoms with E-state index in [2.05, 4.69) is 30.0 Å². The minimum absolute atomic E-state index is 0.0392. The van der Waals surface area contributed by atoms with Gasteiger partial charge in [-0.25, -0.2) is 4.39 Å². The average Bonchev–Trinajstić information content (AvgIpc) is 2.80. The first-order valence-electron chi connectivity index (χ1n) is 8.11. The van der Waals surface area contributed by atoms with Crippen molar-refractivity contribution in [3.8, 4) is 0 Å². The van der Waals surface area contributed by atoms with Crippen LogP contribution >= 0.6 is 0 Å². The second kappa shape index (κ2) is 7.86. The summed E-state index contributed by atoms with van der Waals surface area (Å²) in [6.07, 6.45) is 0. The van der Waals surface area contributed by atoms with Gasteiger partial charge in [-0.2, -0.15) is 0 Å². The van der Waals surface area contributed by atoms with E-state index >= 15 is 0 Å². The predicted molar refractivity (Wildman–Crippen MR) is 89.0 cm³/mol. The number of hydrogen-bond acceptors (Lipinski definition) is 4. The quantitative estimate of drug-likeness (QED) is 0.738. The van der Waals surface area contributed by atoms with Crippen LogP contribution in [-0.2, 0) is 11.3 Å². The minimum Gasteiger partial charge on any atom is -0.352 e. The Labute approximate surface area is 137 Å². The molecule has 0 saturated carbocycles. The highest BCUT2D eigenvalue weighted by atomic mass is 19.1. The van der Waals surface area contributed by atoms with Crippen molar-refractivity contribution in [3.63, 3.8) is 0 Å². The SMILES string of the molecule is CC1NNC(C)C1C(C)NC(=O)CN(C)Cc1ccccc1F. The van der Waals surface area contributed by atoms with Crippen LogP contribution < -0.4 is 16.2 Å². The van der Waals surface area contributed by atoms with E-state index in [9.17, 15) is 9.18 Å². The highest BCUT2D eigenvalue weighted by molar-refractivity contribution is 5.78. The van der Waals surface area contributed by atoms with Crippen LogP contribution in [0.2, 0.25) is 0 Å². The second-order valence-electron chi connectivity index (χ2n) is 6.56. The van der Waals surface area contributed by atoms with Gasteiger partial charge >= 0.3 is 0 Å². The molecule has 1 saturated heterocycles. The van der Waals surface area contributed by atoms with Crippen molar-refractivity contribution in [1.82, 2.24) is 21.1 Å². The third-order valence-corrected chi connectivity index (χ3v) is 4.47. The molecule has 1 aliphatic heterocycles. The number of amides is 1. The lowest BCUT2D eigenvalue weighted by atomic mass is 9.89. The molecule has 1 aromatic rings. The largest absolute Gasteiger partial charge is 0.352 e. The molecule has 1 aromatic carbocycles. The van der Waals surface area contributed by atoms with E-state index in [1.165, 1.54) is 6.07 Å². The normalized spacial score (nSPS) is 25.6. The summed E-state index contributed by atoms with van der Waals surface area (Å²) in [6, 6.07) is 7.32. The Morgan fingerprint density at radius 1 is 1.30 bits per heavy atom. The number of halogens is 1. The third kappa shape index (κ3) is 4.73. The molecule has 0 aromatic heterocycles. The van der Waals surface area contributed by atoms with Crippen LogP contribution in [0.15, 0.2) is 24.3 Å². The summed E-state index contributed by atoms with van der Waals surface area (Å²) < 4.78 is 13.6. The molecule has 5 nitrogen and oxygen atoms in total. The van der Waals surface area contributed by atoms with Crippen LogP contribution in [0.25, 0.3) is 0 Å². The van der Waals surface area contributed by atoms with Crippen molar-refractivity contribution >= 4 is 5.91 Å². The zero-order valence-corrected chi connectivity index (χ0v) is 14.3. The standard InChI is InChI=1S/C17H27FN4O/c1-11(17-12(2)20-21-13(17)3)19-16(23)10-22(4)9-14-7-5-6-8-15(14)18/h5-8,11-13,17,20-21H,9-10H2,1-4H3,(H,19,23). The first kappa shape index (κ1) is 17.8. The summed E-state index contributed by atoms with van der Waals surface area (Å²) in [7, 11) is 1.82. The molecule has 1 aliphatic rings. The van der Waals surface area contributed by atoms with E-state index in [0.717, 1.165) is 0 Å². The maximum atomic E-state index is 13.6. The smallest absolute Gasteiger partial charge is 0.234 e. The lowest BCUT2D eigenvalue weighted by Crippen LogP contribution is -2.47. The molecule has 3 unspecified atom stereocenters. The van der Waals surface area contributed by atoms with Crippen molar-refractivity contribution in [2.24, 2.45) is 5.92 Å². The molecule has 1 fully saturated rings. The highest BCUT2D eigenvalue weighted by Gasteiger charge is 2.34. The van der Waals surface area contributed by atoms with Crippen LogP contribution in [0.5, 0.6) is 0 Å². The molecule has 6 heteroatoms. The number of hydrogen-bond donors (Lipinski definition) is 3. The summed E-state index contributed by atoms with van der Waals surface area (Å²) in [5.74, 6) is 0.0531. The van der Waals surface area contributed by atoms with E-state index in [1.54, 1.807) is 18.2 Å². The van der Waals surface area contributed by atoms with Gasteiger partial charge in [0.05, 0.1) is 6.54 Å². The van der Waals surface area contributed by atoms with Crippen molar-refractivity contribution in [3.05, 3.63) is 35.6 Å². The third-order valence-electron chi connectivity index (χ3n) is 4.47. The van der Waals surface area contributed by atoms with E-state index < -0.39 is 0 Å². The zero-order valence-electron chi connectivity index (χ0n) is 14.3. The van der Waals surface area contributed by atoms with E-state index in [1.807, 2.05) is 18.9 Å². The number of carbonyl (C=O) groups excluding carboxylic acids is 1. The molecular weight excluding hydrogens is 295 g/mol. The molecule has 3 N–H and O–H groups in total. The molecule has 0 spiro atoms. The molecule has 128 valence electrons. The number of carbonyl (C=O) groups is 1. The minimum atomic E-state index is -0.237. The average molecular weight is 322 g/mol. The number of benzene rings is 1. The van der Waals surface area contributed by atoms with Crippen LogP contribution in [0, 0.1) is 11.7 Å². The van der Waals surface area contributed by atoms with E-state index in [0.29, 0.717) is 30.1 Å². The van der Waals surface area contributed by atoms with Gasteiger partial charge in [-0.05, 0) is 33.9 Å². The monoisotopic (exact) mass is 322 g/mol. The van der Waals surface area contributed by atoms with Gasteiger partial charge in [0.1, 0.15) is 5.82 Å². The zero-order chi connectivity index (χ0) is 17.0.